The van der Waals surface area contributed by atoms with E-state index < -0.39 is 6.10 Å². The van der Waals surface area contributed by atoms with Gasteiger partial charge in [0.05, 0.1) is 4.34 Å². The molecule has 90 valence electrons. The van der Waals surface area contributed by atoms with Crippen molar-refractivity contribution in [2.45, 2.75) is 6.10 Å². The first-order valence-electron chi connectivity index (χ1n) is 4.87. The molecule has 0 aromatic carbocycles. The highest BCUT2D eigenvalue weighted by atomic mass is 35.5. The van der Waals surface area contributed by atoms with E-state index >= 15 is 0 Å². The Kier molecular flexibility index (Phi) is 3.78. The molecule has 7 heteroatoms. The number of thiophene rings is 1. The summed E-state index contributed by atoms with van der Waals surface area (Å²) in [5.74, 6) is -0.302. The minimum atomic E-state index is -0.751. The number of aromatic nitrogens is 2. The molecule has 0 bridgehead atoms. The molecule has 0 radical (unpaired) electrons. The molecule has 0 fully saturated rings. The molecule has 17 heavy (non-hydrogen) atoms. The van der Waals surface area contributed by atoms with Crippen LogP contribution in [0.15, 0.2) is 24.4 Å². The van der Waals surface area contributed by atoms with Crippen molar-refractivity contribution in [3.8, 4) is 0 Å². The summed E-state index contributed by atoms with van der Waals surface area (Å²) in [6.07, 6.45) is 0.740. The Labute approximate surface area is 106 Å². The van der Waals surface area contributed by atoms with E-state index in [2.05, 4.69) is 15.5 Å². The van der Waals surface area contributed by atoms with Crippen LogP contribution in [0.3, 0.4) is 0 Å². The highest BCUT2D eigenvalue weighted by Crippen LogP contribution is 2.26. The fourth-order valence-electron chi connectivity index (χ4n) is 1.27. The van der Waals surface area contributed by atoms with Gasteiger partial charge in [-0.05, 0) is 18.2 Å². The molecular weight excluding hydrogens is 262 g/mol. The van der Waals surface area contributed by atoms with Crippen LogP contribution in [0, 0.1) is 0 Å². The predicted octanol–water partition coefficient (Wildman–Crippen LogP) is 1.59. The summed E-state index contributed by atoms with van der Waals surface area (Å²) in [5.41, 5.74) is 0.362. The molecule has 0 spiro atoms. The Morgan fingerprint density at radius 2 is 2.41 bits per heavy atom. The normalized spacial score (nSPS) is 12.4. The summed E-state index contributed by atoms with van der Waals surface area (Å²) in [6.45, 7) is 0.134. The van der Waals surface area contributed by atoms with Gasteiger partial charge in [0.1, 0.15) is 11.8 Å². The van der Waals surface area contributed by atoms with Gasteiger partial charge in [-0.1, -0.05) is 11.6 Å². The zero-order valence-electron chi connectivity index (χ0n) is 8.68. The van der Waals surface area contributed by atoms with Gasteiger partial charge in [-0.15, -0.1) is 11.3 Å². The van der Waals surface area contributed by atoms with Crippen molar-refractivity contribution in [2.75, 3.05) is 6.54 Å². The van der Waals surface area contributed by atoms with Gasteiger partial charge in [-0.3, -0.25) is 9.89 Å². The largest absolute Gasteiger partial charge is 0.386 e. The van der Waals surface area contributed by atoms with Crippen molar-refractivity contribution in [1.29, 1.82) is 0 Å². The second-order valence-corrected chi connectivity index (χ2v) is 5.08. The number of aliphatic hydroxyl groups excluding tert-OH is 1. The fraction of sp³-hybridized carbons (Fsp3) is 0.200. The average molecular weight is 272 g/mol. The number of aromatic amines is 1. The molecule has 2 aromatic rings. The first kappa shape index (κ1) is 12.1. The molecular formula is C10H10ClN3O2S. The molecule has 3 N–H and O–H groups in total. The zero-order chi connectivity index (χ0) is 12.3. The Morgan fingerprint density at radius 3 is 3.00 bits per heavy atom. The van der Waals surface area contributed by atoms with E-state index in [1.807, 2.05) is 0 Å². The number of rotatable bonds is 4. The van der Waals surface area contributed by atoms with Gasteiger partial charge in [0.2, 0.25) is 0 Å². The molecule has 0 saturated carbocycles. The molecule has 2 rings (SSSR count). The first-order valence-corrected chi connectivity index (χ1v) is 6.07. The number of carbonyl (C=O) groups excluding carboxylic acids is 1. The maximum atomic E-state index is 11.5. The molecule has 0 aliphatic rings. The van der Waals surface area contributed by atoms with Crippen molar-refractivity contribution in [3.05, 3.63) is 39.3 Å². The Morgan fingerprint density at radius 1 is 1.59 bits per heavy atom. The van der Waals surface area contributed by atoms with Gasteiger partial charge >= 0.3 is 0 Å². The summed E-state index contributed by atoms with van der Waals surface area (Å²) < 4.78 is 0.610. The number of H-pyrrole nitrogens is 1. The third kappa shape index (κ3) is 3.06. The van der Waals surface area contributed by atoms with Gasteiger partial charge in [-0.25, -0.2) is 0 Å². The summed E-state index contributed by atoms with van der Waals surface area (Å²) >= 11 is 7.04. The maximum absolute atomic E-state index is 11.5. The maximum Gasteiger partial charge on any atom is 0.269 e. The van der Waals surface area contributed by atoms with Gasteiger partial charge in [0, 0.05) is 17.6 Å². The lowest BCUT2D eigenvalue weighted by Crippen LogP contribution is -2.28. The average Bonchev–Trinajstić information content (AvgIpc) is 2.95. The minimum Gasteiger partial charge on any atom is -0.386 e. The number of carbonyl (C=O) groups is 1. The van der Waals surface area contributed by atoms with E-state index in [-0.39, 0.29) is 12.5 Å². The number of aliphatic hydroxyl groups is 1. The number of hydrogen-bond acceptors (Lipinski definition) is 4. The molecule has 0 aliphatic heterocycles. The molecule has 2 aromatic heterocycles. The van der Waals surface area contributed by atoms with E-state index in [9.17, 15) is 9.90 Å². The van der Waals surface area contributed by atoms with Crippen LogP contribution in [0.1, 0.15) is 21.5 Å². The highest BCUT2D eigenvalue weighted by Gasteiger charge is 2.13. The summed E-state index contributed by atoms with van der Waals surface area (Å²) in [5, 5.41) is 18.6. The van der Waals surface area contributed by atoms with Crippen molar-refractivity contribution in [2.24, 2.45) is 0 Å². The molecule has 1 atom stereocenters. The van der Waals surface area contributed by atoms with Crippen LogP contribution in [0.25, 0.3) is 0 Å². The summed E-state index contributed by atoms with van der Waals surface area (Å²) in [7, 11) is 0. The van der Waals surface area contributed by atoms with Crippen molar-refractivity contribution in [3.63, 3.8) is 0 Å². The molecule has 0 saturated heterocycles. The van der Waals surface area contributed by atoms with Crippen molar-refractivity contribution in [1.82, 2.24) is 15.5 Å². The van der Waals surface area contributed by atoms with E-state index in [1.165, 1.54) is 17.5 Å². The standard InChI is InChI=1S/C10H10ClN3O2S/c11-9-2-1-8(17-9)7(15)5-12-10(16)6-3-4-13-14-6/h1-4,7,15H,5H2,(H,12,16)(H,13,14)/t7-/m1/s1. The lowest BCUT2D eigenvalue weighted by molar-refractivity contribution is 0.0913. The second-order valence-electron chi connectivity index (χ2n) is 3.34. The van der Waals surface area contributed by atoms with E-state index in [0.717, 1.165) is 4.88 Å². The van der Waals surface area contributed by atoms with Crippen LogP contribution in [0.4, 0.5) is 0 Å². The number of hydrogen-bond donors (Lipinski definition) is 3. The molecule has 0 unspecified atom stereocenters. The predicted molar refractivity (Wildman–Crippen MR) is 65.2 cm³/mol. The quantitative estimate of drug-likeness (QED) is 0.790. The third-order valence-electron chi connectivity index (χ3n) is 2.12. The second kappa shape index (κ2) is 5.31. The minimum absolute atomic E-state index is 0.134. The van der Waals surface area contributed by atoms with Crippen LogP contribution in [-0.2, 0) is 0 Å². The molecule has 5 nitrogen and oxygen atoms in total. The molecule has 2 heterocycles. The topological polar surface area (TPSA) is 78.0 Å². The molecule has 0 aliphatic carbocycles. The Balaban J connectivity index is 1.88. The Bertz CT molecular complexity index is 497. The number of nitrogens with zero attached hydrogens (tertiary/aromatic N) is 1. The first-order chi connectivity index (χ1) is 8.16. The van der Waals surface area contributed by atoms with Crippen LogP contribution < -0.4 is 5.32 Å². The van der Waals surface area contributed by atoms with Crippen molar-refractivity contribution < 1.29 is 9.90 Å². The van der Waals surface area contributed by atoms with Crippen LogP contribution >= 0.6 is 22.9 Å². The highest BCUT2D eigenvalue weighted by molar-refractivity contribution is 7.16. The van der Waals surface area contributed by atoms with Gasteiger partial charge < -0.3 is 10.4 Å². The van der Waals surface area contributed by atoms with Crippen molar-refractivity contribution >= 4 is 28.8 Å². The summed E-state index contributed by atoms with van der Waals surface area (Å²) in [4.78, 5) is 12.3. The van der Waals surface area contributed by atoms with E-state index in [4.69, 9.17) is 11.6 Å². The van der Waals surface area contributed by atoms with Gasteiger partial charge in [0.15, 0.2) is 0 Å². The number of amides is 1. The monoisotopic (exact) mass is 271 g/mol. The summed E-state index contributed by atoms with van der Waals surface area (Å²) in [6, 6.07) is 5.01. The van der Waals surface area contributed by atoms with Crippen LogP contribution in [0.5, 0.6) is 0 Å². The van der Waals surface area contributed by atoms with E-state index in [0.29, 0.717) is 10.0 Å². The van der Waals surface area contributed by atoms with E-state index in [1.54, 1.807) is 18.2 Å². The smallest absolute Gasteiger partial charge is 0.269 e. The fourth-order valence-corrected chi connectivity index (χ4v) is 2.32. The SMILES string of the molecule is O=C(NC[C@@H](O)c1ccc(Cl)s1)c1ccn[nH]1. The lowest BCUT2D eigenvalue weighted by atomic mass is 10.3. The van der Waals surface area contributed by atoms with Gasteiger partial charge in [0.25, 0.3) is 5.91 Å². The number of nitrogens with one attached hydrogen (secondary N) is 2. The number of halogens is 1. The molecule has 1 amide bonds. The zero-order valence-corrected chi connectivity index (χ0v) is 10.3. The van der Waals surface area contributed by atoms with Crippen LogP contribution in [0.2, 0.25) is 4.34 Å². The Hall–Kier alpha value is -1.37. The third-order valence-corrected chi connectivity index (χ3v) is 3.46. The van der Waals surface area contributed by atoms with Crippen LogP contribution in [-0.4, -0.2) is 27.8 Å². The lowest BCUT2D eigenvalue weighted by Gasteiger charge is -2.09. The van der Waals surface area contributed by atoms with Gasteiger partial charge in [-0.2, -0.15) is 5.10 Å².